The molecule has 0 bridgehead atoms. The number of rotatable bonds is 5. The Kier molecular flexibility index (Phi) is 5.77. The van der Waals surface area contributed by atoms with E-state index in [1.807, 2.05) is 61.5 Å². The number of hydrogen-bond acceptors (Lipinski definition) is 6. The lowest BCUT2D eigenvalue weighted by molar-refractivity contribution is -0.115. The number of ether oxygens (including phenoxy) is 1. The molecule has 9 heteroatoms. The minimum atomic E-state index is -0.283. The van der Waals surface area contributed by atoms with E-state index in [0.29, 0.717) is 16.5 Å². The van der Waals surface area contributed by atoms with Crippen LogP contribution in [-0.2, 0) is 11.8 Å². The fourth-order valence-electron chi connectivity index (χ4n) is 3.30. The second-order valence-electron chi connectivity index (χ2n) is 6.83. The van der Waals surface area contributed by atoms with Crippen molar-refractivity contribution in [2.75, 3.05) is 17.8 Å². The summed E-state index contributed by atoms with van der Waals surface area (Å²) >= 11 is 1.26. The van der Waals surface area contributed by atoms with E-state index < -0.39 is 0 Å². The summed E-state index contributed by atoms with van der Waals surface area (Å²) < 4.78 is 8.42. The normalized spacial score (nSPS) is 15.4. The largest absolute Gasteiger partial charge is 0.497 e. The summed E-state index contributed by atoms with van der Waals surface area (Å²) in [6.07, 6.45) is 1.59. The molecule has 8 nitrogen and oxygen atoms in total. The first kappa shape index (κ1) is 20.7. The predicted molar refractivity (Wildman–Crippen MR) is 124 cm³/mol. The molecule has 0 radical (unpaired) electrons. The molecule has 0 atom stereocenters. The highest BCUT2D eigenvalue weighted by Gasteiger charge is 2.35. The zero-order chi connectivity index (χ0) is 22.0. The van der Waals surface area contributed by atoms with Crippen molar-refractivity contribution in [2.24, 2.45) is 17.3 Å². The van der Waals surface area contributed by atoms with Gasteiger partial charge in [-0.05, 0) is 48.9 Å². The van der Waals surface area contributed by atoms with Gasteiger partial charge in [0.1, 0.15) is 11.4 Å². The molecule has 0 aliphatic carbocycles. The van der Waals surface area contributed by atoms with Crippen LogP contribution in [0.1, 0.15) is 11.3 Å². The van der Waals surface area contributed by atoms with Crippen molar-refractivity contribution < 1.29 is 9.53 Å². The van der Waals surface area contributed by atoms with Crippen molar-refractivity contribution >= 4 is 34.7 Å². The molecule has 1 amide bonds. The Balaban J connectivity index is 1.69. The predicted octanol–water partition coefficient (Wildman–Crippen LogP) is 2.96. The van der Waals surface area contributed by atoms with E-state index >= 15 is 0 Å². The second kappa shape index (κ2) is 8.65. The molecule has 2 heterocycles. The van der Waals surface area contributed by atoms with E-state index in [2.05, 4.69) is 10.2 Å². The van der Waals surface area contributed by atoms with Crippen LogP contribution in [0.15, 0.2) is 69.6 Å². The monoisotopic (exact) mass is 435 g/mol. The van der Waals surface area contributed by atoms with Crippen molar-refractivity contribution in [1.82, 2.24) is 9.36 Å². The molecule has 2 aromatic carbocycles. The highest BCUT2D eigenvalue weighted by atomic mass is 32.2. The number of anilines is 1. The molecule has 4 rings (SSSR count). The Labute approximate surface area is 183 Å². The van der Waals surface area contributed by atoms with Gasteiger partial charge in [-0.1, -0.05) is 30.0 Å². The first-order valence-corrected chi connectivity index (χ1v) is 10.5. The molecular formula is C22H21N5O3S. The molecule has 3 aromatic rings. The van der Waals surface area contributed by atoms with E-state index in [0.717, 1.165) is 17.0 Å². The number of amidine groups is 1. The molecule has 0 saturated carbocycles. The average molecular weight is 436 g/mol. The third-order valence-corrected chi connectivity index (χ3v) is 5.89. The maximum Gasteiger partial charge on any atom is 0.296 e. The summed E-state index contributed by atoms with van der Waals surface area (Å²) in [4.78, 5) is 27.3. The Hall–Kier alpha value is -3.59. The lowest BCUT2D eigenvalue weighted by atomic mass is 10.2. The maximum absolute atomic E-state index is 13.3. The summed E-state index contributed by atoms with van der Waals surface area (Å²) in [6.45, 7) is 1.81. The van der Waals surface area contributed by atoms with Gasteiger partial charge in [-0.15, -0.1) is 5.10 Å². The van der Waals surface area contributed by atoms with Crippen LogP contribution in [0, 0.1) is 6.92 Å². The number of hydrogen-bond donors (Lipinski definition) is 0. The van der Waals surface area contributed by atoms with Gasteiger partial charge in [-0.2, -0.15) is 5.10 Å². The van der Waals surface area contributed by atoms with Crippen molar-refractivity contribution in [3.05, 3.63) is 76.2 Å². The van der Waals surface area contributed by atoms with Gasteiger partial charge in [0, 0.05) is 7.05 Å². The number of aromatic nitrogens is 2. The van der Waals surface area contributed by atoms with Crippen LogP contribution in [0.5, 0.6) is 5.75 Å². The van der Waals surface area contributed by atoms with Crippen LogP contribution in [-0.4, -0.2) is 39.5 Å². The van der Waals surface area contributed by atoms with Crippen LogP contribution >= 0.6 is 11.8 Å². The molecule has 0 unspecified atom stereocenters. The number of amides is 1. The molecule has 158 valence electrons. The van der Waals surface area contributed by atoms with Gasteiger partial charge in [-0.3, -0.25) is 14.3 Å². The standard InChI is InChI=1S/C22H21N5O3S/c1-15-20(21(29)27(25(15)2)17-7-5-4-6-8-17)26-19(28)14-31-22(26)24-23-13-16-9-11-18(30-3)12-10-16/h4-13H,14H2,1-3H3. The summed E-state index contributed by atoms with van der Waals surface area (Å²) in [7, 11) is 3.40. The van der Waals surface area contributed by atoms with Crippen molar-refractivity contribution in [2.45, 2.75) is 6.92 Å². The molecule has 1 aliphatic rings. The summed E-state index contributed by atoms with van der Waals surface area (Å²) in [5, 5.41) is 8.73. The number of nitrogens with zero attached hydrogens (tertiary/aromatic N) is 5. The molecule has 1 aromatic heterocycles. The fraction of sp³-hybridized carbons (Fsp3) is 0.182. The Bertz CT molecular complexity index is 1230. The van der Waals surface area contributed by atoms with Gasteiger partial charge in [0.2, 0.25) is 5.91 Å². The SMILES string of the molecule is COc1ccc(C=NN=C2SCC(=O)N2c2c(C)n(C)n(-c3ccccc3)c2=O)cc1. The number of benzene rings is 2. The molecule has 0 spiro atoms. The van der Waals surface area contributed by atoms with Crippen LogP contribution in [0.2, 0.25) is 0 Å². The molecule has 0 N–H and O–H groups in total. The first-order valence-electron chi connectivity index (χ1n) is 9.56. The van der Waals surface area contributed by atoms with Crippen LogP contribution in [0.3, 0.4) is 0 Å². The lowest BCUT2D eigenvalue weighted by Gasteiger charge is -2.13. The van der Waals surface area contributed by atoms with E-state index in [1.54, 1.807) is 29.7 Å². The summed E-state index contributed by atoms with van der Waals surface area (Å²) in [5.74, 6) is 0.756. The smallest absolute Gasteiger partial charge is 0.296 e. The topological polar surface area (TPSA) is 81.2 Å². The molecule has 31 heavy (non-hydrogen) atoms. The zero-order valence-corrected chi connectivity index (χ0v) is 18.2. The number of para-hydroxylation sites is 1. The van der Waals surface area contributed by atoms with Gasteiger partial charge >= 0.3 is 0 Å². The van der Waals surface area contributed by atoms with E-state index in [4.69, 9.17) is 4.74 Å². The van der Waals surface area contributed by atoms with E-state index in [1.165, 1.54) is 16.7 Å². The maximum atomic E-state index is 13.3. The molecule has 1 saturated heterocycles. The number of carbonyl (C=O) groups is 1. The number of carbonyl (C=O) groups excluding carboxylic acids is 1. The van der Waals surface area contributed by atoms with Crippen LogP contribution in [0.25, 0.3) is 5.69 Å². The van der Waals surface area contributed by atoms with Gasteiger partial charge in [0.25, 0.3) is 5.56 Å². The third kappa shape index (κ3) is 3.91. The third-order valence-electron chi connectivity index (χ3n) is 4.98. The molecular weight excluding hydrogens is 414 g/mol. The highest BCUT2D eigenvalue weighted by molar-refractivity contribution is 8.15. The van der Waals surface area contributed by atoms with Crippen molar-refractivity contribution in [1.29, 1.82) is 0 Å². The van der Waals surface area contributed by atoms with Crippen molar-refractivity contribution in [3.8, 4) is 11.4 Å². The first-order chi connectivity index (χ1) is 15.0. The van der Waals surface area contributed by atoms with Gasteiger partial charge in [0.15, 0.2) is 5.17 Å². The zero-order valence-electron chi connectivity index (χ0n) is 17.3. The lowest BCUT2D eigenvalue weighted by Crippen LogP contribution is -2.34. The Morgan fingerprint density at radius 1 is 1.06 bits per heavy atom. The van der Waals surface area contributed by atoms with E-state index in [9.17, 15) is 9.59 Å². The van der Waals surface area contributed by atoms with Crippen molar-refractivity contribution in [3.63, 3.8) is 0 Å². The van der Waals surface area contributed by atoms with Crippen LogP contribution < -0.4 is 15.2 Å². The summed E-state index contributed by atoms with van der Waals surface area (Å²) in [5.41, 5.74) is 2.23. The molecule has 1 aliphatic heterocycles. The van der Waals surface area contributed by atoms with Gasteiger partial charge in [-0.25, -0.2) is 9.58 Å². The number of thioether (sulfide) groups is 1. The molecule has 1 fully saturated rings. The summed E-state index contributed by atoms with van der Waals surface area (Å²) in [6, 6.07) is 16.7. The Morgan fingerprint density at radius 3 is 2.45 bits per heavy atom. The fourth-order valence-corrected chi connectivity index (χ4v) is 4.11. The number of methoxy groups -OCH3 is 1. The van der Waals surface area contributed by atoms with Gasteiger partial charge in [0.05, 0.1) is 30.5 Å². The highest BCUT2D eigenvalue weighted by Crippen LogP contribution is 2.28. The quantitative estimate of drug-likeness (QED) is 0.456. The minimum absolute atomic E-state index is 0.200. The van der Waals surface area contributed by atoms with E-state index in [-0.39, 0.29) is 17.2 Å². The second-order valence-corrected chi connectivity index (χ2v) is 7.77. The van der Waals surface area contributed by atoms with Crippen LogP contribution in [0.4, 0.5) is 5.69 Å². The van der Waals surface area contributed by atoms with Gasteiger partial charge < -0.3 is 4.74 Å². The average Bonchev–Trinajstić information content (AvgIpc) is 3.25. The minimum Gasteiger partial charge on any atom is -0.497 e. The Morgan fingerprint density at radius 2 is 1.77 bits per heavy atom.